The minimum atomic E-state index is -0.982. The number of thioether (sulfide) groups is 1. The average molecular weight is 284 g/mol. The van der Waals surface area contributed by atoms with Crippen LogP contribution in [0.15, 0.2) is 0 Å². The van der Waals surface area contributed by atoms with Crippen LogP contribution in [0.2, 0.25) is 0 Å². The summed E-state index contributed by atoms with van der Waals surface area (Å²) in [5, 5.41) is 15.7. The molecule has 7 nitrogen and oxygen atoms in total. The zero-order chi connectivity index (χ0) is 13.8. The van der Waals surface area contributed by atoms with Crippen molar-refractivity contribution in [1.29, 1.82) is 0 Å². The van der Waals surface area contributed by atoms with Crippen molar-refractivity contribution in [3.63, 3.8) is 0 Å². The maximum atomic E-state index is 12.2. The highest BCUT2D eigenvalue weighted by atomic mass is 32.2. The van der Waals surface area contributed by atoms with Gasteiger partial charge in [0.15, 0.2) is 0 Å². The summed E-state index contributed by atoms with van der Waals surface area (Å²) in [6.45, 7) is 2.42. The number of aliphatic carboxylic acids is 1. The first-order valence-corrected chi connectivity index (χ1v) is 7.31. The van der Waals surface area contributed by atoms with Crippen molar-refractivity contribution in [3.05, 3.63) is 11.6 Å². The van der Waals surface area contributed by atoms with Gasteiger partial charge in [0.05, 0.1) is 0 Å². The molecule has 1 aliphatic heterocycles. The number of aryl methyl sites for hydroxylation is 1. The van der Waals surface area contributed by atoms with Crippen LogP contribution in [-0.2, 0) is 11.2 Å². The molecule has 104 valence electrons. The smallest absolute Gasteiger partial charge is 0.327 e. The molecule has 0 radical (unpaired) electrons. The number of rotatable bonds is 4. The van der Waals surface area contributed by atoms with E-state index in [2.05, 4.69) is 15.2 Å². The highest BCUT2D eigenvalue weighted by Crippen LogP contribution is 2.18. The van der Waals surface area contributed by atoms with E-state index in [1.807, 2.05) is 6.92 Å². The maximum absolute atomic E-state index is 12.2. The first-order chi connectivity index (χ1) is 9.13. The third kappa shape index (κ3) is 3.06. The summed E-state index contributed by atoms with van der Waals surface area (Å²) in [5.74, 6) is 0.469. The van der Waals surface area contributed by atoms with Gasteiger partial charge in [-0.05, 0) is 6.42 Å². The van der Waals surface area contributed by atoms with E-state index in [1.165, 1.54) is 16.7 Å². The lowest BCUT2D eigenvalue weighted by Crippen LogP contribution is -2.50. The second-order valence-electron chi connectivity index (χ2n) is 4.28. The summed E-state index contributed by atoms with van der Waals surface area (Å²) < 4.78 is 0. The molecule has 2 rings (SSSR count). The zero-order valence-corrected chi connectivity index (χ0v) is 11.4. The van der Waals surface area contributed by atoms with Crippen LogP contribution in [0.3, 0.4) is 0 Å². The summed E-state index contributed by atoms with van der Waals surface area (Å²) in [4.78, 5) is 28.8. The lowest BCUT2D eigenvalue weighted by atomic mass is 10.2. The monoisotopic (exact) mass is 284 g/mol. The Morgan fingerprint density at radius 1 is 1.58 bits per heavy atom. The van der Waals surface area contributed by atoms with Gasteiger partial charge in [-0.25, -0.2) is 9.78 Å². The van der Waals surface area contributed by atoms with Gasteiger partial charge in [-0.15, -0.1) is 5.10 Å². The van der Waals surface area contributed by atoms with E-state index >= 15 is 0 Å². The molecule has 0 aliphatic carbocycles. The molecule has 19 heavy (non-hydrogen) atoms. The molecule has 1 amide bonds. The van der Waals surface area contributed by atoms with Gasteiger partial charge in [0.2, 0.25) is 5.82 Å². The van der Waals surface area contributed by atoms with Crippen LogP contribution in [0.4, 0.5) is 0 Å². The first kappa shape index (κ1) is 13.9. The summed E-state index contributed by atoms with van der Waals surface area (Å²) in [6.07, 6.45) is 1.62. The van der Waals surface area contributed by atoms with Crippen molar-refractivity contribution in [1.82, 2.24) is 20.1 Å². The quantitative estimate of drug-likeness (QED) is 0.830. The van der Waals surface area contributed by atoms with Crippen molar-refractivity contribution in [2.45, 2.75) is 25.8 Å². The lowest BCUT2D eigenvalue weighted by Gasteiger charge is -2.31. The van der Waals surface area contributed by atoms with Crippen LogP contribution in [0, 0.1) is 0 Å². The molecule has 1 aromatic rings. The van der Waals surface area contributed by atoms with Crippen LogP contribution in [-0.4, -0.2) is 61.2 Å². The van der Waals surface area contributed by atoms with E-state index in [0.29, 0.717) is 18.1 Å². The van der Waals surface area contributed by atoms with Crippen LogP contribution in [0.1, 0.15) is 29.8 Å². The van der Waals surface area contributed by atoms with Gasteiger partial charge in [0.1, 0.15) is 11.9 Å². The molecular formula is C11H16N4O3S. The molecular weight excluding hydrogens is 268 g/mol. The molecule has 2 N–H and O–H groups in total. The Labute approximate surface area is 114 Å². The second kappa shape index (κ2) is 6.05. The molecule has 8 heteroatoms. The minimum Gasteiger partial charge on any atom is -0.480 e. The molecule has 1 atom stereocenters. The van der Waals surface area contributed by atoms with Gasteiger partial charge in [-0.2, -0.15) is 11.8 Å². The fraction of sp³-hybridized carbons (Fsp3) is 0.636. The second-order valence-corrected chi connectivity index (χ2v) is 5.43. The Balaban J connectivity index is 2.14. The number of nitrogens with one attached hydrogen (secondary N) is 1. The Bertz CT molecular complexity index is 476. The summed E-state index contributed by atoms with van der Waals surface area (Å²) >= 11 is 1.54. The van der Waals surface area contributed by atoms with E-state index < -0.39 is 17.9 Å². The van der Waals surface area contributed by atoms with Crippen molar-refractivity contribution >= 4 is 23.6 Å². The van der Waals surface area contributed by atoms with E-state index in [9.17, 15) is 9.59 Å². The molecule has 2 heterocycles. The number of carboxylic acids is 1. The van der Waals surface area contributed by atoms with Gasteiger partial charge in [-0.1, -0.05) is 6.92 Å². The van der Waals surface area contributed by atoms with Crippen molar-refractivity contribution < 1.29 is 14.7 Å². The Kier molecular flexibility index (Phi) is 4.41. The van der Waals surface area contributed by atoms with Gasteiger partial charge in [0.25, 0.3) is 5.91 Å². The van der Waals surface area contributed by atoms with Gasteiger partial charge < -0.3 is 10.0 Å². The third-order valence-corrected chi connectivity index (χ3v) is 3.91. The number of carbonyl (C=O) groups excluding carboxylic acids is 1. The number of aromatic nitrogens is 3. The van der Waals surface area contributed by atoms with E-state index in [0.717, 1.165) is 18.6 Å². The van der Waals surface area contributed by atoms with Gasteiger partial charge in [-0.3, -0.25) is 9.89 Å². The third-order valence-electron chi connectivity index (χ3n) is 2.88. The predicted molar refractivity (Wildman–Crippen MR) is 70.2 cm³/mol. The topological polar surface area (TPSA) is 99.2 Å². The number of H-pyrrole nitrogens is 1. The number of carboxylic acid groups (broad SMARTS) is 1. The molecule has 0 saturated carbocycles. The molecule has 1 aromatic heterocycles. The molecule has 0 aromatic carbocycles. The van der Waals surface area contributed by atoms with Crippen LogP contribution in [0.25, 0.3) is 0 Å². The largest absolute Gasteiger partial charge is 0.480 e. The van der Waals surface area contributed by atoms with E-state index in [1.54, 1.807) is 0 Å². The van der Waals surface area contributed by atoms with Crippen LogP contribution < -0.4 is 0 Å². The predicted octanol–water partition coefficient (Wildman–Crippen LogP) is 0.399. The zero-order valence-electron chi connectivity index (χ0n) is 10.6. The van der Waals surface area contributed by atoms with Crippen molar-refractivity contribution in [2.24, 2.45) is 0 Å². The number of amides is 1. The molecule has 0 spiro atoms. The van der Waals surface area contributed by atoms with Crippen molar-refractivity contribution in [2.75, 3.05) is 18.1 Å². The van der Waals surface area contributed by atoms with Crippen LogP contribution in [0.5, 0.6) is 0 Å². The molecule has 1 aliphatic rings. The first-order valence-electron chi connectivity index (χ1n) is 6.16. The Morgan fingerprint density at radius 2 is 2.37 bits per heavy atom. The highest BCUT2D eigenvalue weighted by Gasteiger charge is 2.34. The number of aromatic amines is 1. The normalized spacial score (nSPS) is 19.4. The molecule has 1 fully saturated rings. The fourth-order valence-electron chi connectivity index (χ4n) is 1.92. The van der Waals surface area contributed by atoms with Gasteiger partial charge >= 0.3 is 5.97 Å². The number of carbonyl (C=O) groups is 2. The van der Waals surface area contributed by atoms with E-state index in [-0.39, 0.29) is 5.82 Å². The maximum Gasteiger partial charge on any atom is 0.327 e. The summed E-state index contributed by atoms with van der Waals surface area (Å²) in [7, 11) is 0. The SMILES string of the molecule is CCCc1nc(C(=O)N2CCSCC2C(=O)O)n[nH]1. The summed E-state index contributed by atoms with van der Waals surface area (Å²) in [5.41, 5.74) is 0. The number of hydrogen-bond donors (Lipinski definition) is 2. The fourth-order valence-corrected chi connectivity index (χ4v) is 2.96. The lowest BCUT2D eigenvalue weighted by molar-refractivity contribution is -0.141. The average Bonchev–Trinajstić information content (AvgIpc) is 2.87. The van der Waals surface area contributed by atoms with Gasteiger partial charge in [0, 0.05) is 24.5 Å². The summed E-state index contributed by atoms with van der Waals surface area (Å²) in [6, 6.07) is -0.792. The number of hydrogen-bond acceptors (Lipinski definition) is 5. The minimum absolute atomic E-state index is 0.0570. The Hall–Kier alpha value is -1.57. The number of nitrogens with zero attached hydrogens (tertiary/aromatic N) is 3. The highest BCUT2D eigenvalue weighted by molar-refractivity contribution is 7.99. The Morgan fingerprint density at radius 3 is 3.05 bits per heavy atom. The van der Waals surface area contributed by atoms with Crippen LogP contribution >= 0.6 is 11.8 Å². The molecule has 0 bridgehead atoms. The molecule has 1 unspecified atom stereocenters. The standard InChI is InChI=1S/C11H16N4O3S/c1-2-3-8-12-9(14-13-8)10(16)15-4-5-19-6-7(15)11(17)18/h7H,2-6H2,1H3,(H,17,18)(H,12,13,14). The van der Waals surface area contributed by atoms with Crippen molar-refractivity contribution in [3.8, 4) is 0 Å². The molecule has 1 saturated heterocycles. The van der Waals surface area contributed by atoms with E-state index in [4.69, 9.17) is 5.11 Å².